The Labute approximate surface area is 286 Å². The average Bonchev–Trinajstić information content (AvgIpc) is 3.49. The van der Waals surface area contributed by atoms with Gasteiger partial charge in [0, 0.05) is 29.1 Å². The Bertz CT molecular complexity index is 2370. The molecule has 230 valence electrons. The molecular formula is C46H31N3. The SMILES string of the molecule is c1ccc(-c2nc(-c3ccc(-c4ccncc4)cc3)cc(-c3ccc4c(c3)C(c3ccccc3)(c3ccccc3)c3ccccc3-4)n2)cc1. The first-order valence-electron chi connectivity index (χ1n) is 16.6. The van der Waals surface area contributed by atoms with Gasteiger partial charge in [0.1, 0.15) is 0 Å². The van der Waals surface area contributed by atoms with E-state index in [0.29, 0.717) is 5.82 Å². The van der Waals surface area contributed by atoms with Crippen LogP contribution >= 0.6 is 0 Å². The largest absolute Gasteiger partial charge is 0.265 e. The van der Waals surface area contributed by atoms with Crippen molar-refractivity contribution in [1.29, 1.82) is 0 Å². The minimum Gasteiger partial charge on any atom is -0.265 e. The van der Waals surface area contributed by atoms with E-state index in [4.69, 9.17) is 9.97 Å². The highest BCUT2D eigenvalue weighted by Gasteiger charge is 2.46. The Morgan fingerprint density at radius 2 is 0.857 bits per heavy atom. The maximum absolute atomic E-state index is 5.21. The highest BCUT2D eigenvalue weighted by Crippen LogP contribution is 2.56. The van der Waals surface area contributed by atoms with Gasteiger partial charge in [0.2, 0.25) is 0 Å². The van der Waals surface area contributed by atoms with Gasteiger partial charge in [0.25, 0.3) is 0 Å². The van der Waals surface area contributed by atoms with Crippen molar-refractivity contribution in [2.24, 2.45) is 0 Å². The predicted molar refractivity (Wildman–Crippen MR) is 199 cm³/mol. The van der Waals surface area contributed by atoms with E-state index < -0.39 is 5.41 Å². The zero-order valence-corrected chi connectivity index (χ0v) is 26.7. The number of pyridine rings is 1. The first kappa shape index (κ1) is 28.7. The summed E-state index contributed by atoms with van der Waals surface area (Å²) < 4.78 is 0. The van der Waals surface area contributed by atoms with Gasteiger partial charge in [-0.2, -0.15) is 0 Å². The molecule has 0 spiro atoms. The Hall–Kier alpha value is -6.45. The summed E-state index contributed by atoms with van der Waals surface area (Å²) in [4.78, 5) is 14.5. The molecule has 2 heterocycles. The van der Waals surface area contributed by atoms with Gasteiger partial charge in [0.05, 0.1) is 16.8 Å². The minimum atomic E-state index is -0.481. The van der Waals surface area contributed by atoms with Crippen LogP contribution in [-0.4, -0.2) is 15.0 Å². The van der Waals surface area contributed by atoms with Gasteiger partial charge in [-0.05, 0) is 68.8 Å². The lowest BCUT2D eigenvalue weighted by molar-refractivity contribution is 0.768. The van der Waals surface area contributed by atoms with Crippen molar-refractivity contribution in [1.82, 2.24) is 15.0 Å². The highest BCUT2D eigenvalue weighted by atomic mass is 14.9. The van der Waals surface area contributed by atoms with E-state index in [0.717, 1.165) is 39.2 Å². The van der Waals surface area contributed by atoms with E-state index in [9.17, 15) is 0 Å². The van der Waals surface area contributed by atoms with Crippen molar-refractivity contribution in [3.63, 3.8) is 0 Å². The van der Waals surface area contributed by atoms with E-state index in [1.54, 1.807) is 0 Å². The first-order valence-corrected chi connectivity index (χ1v) is 16.6. The third-order valence-corrected chi connectivity index (χ3v) is 9.71. The summed E-state index contributed by atoms with van der Waals surface area (Å²) in [7, 11) is 0. The van der Waals surface area contributed by atoms with E-state index in [-0.39, 0.29) is 0 Å². The fraction of sp³-hybridized carbons (Fsp3) is 0.0217. The number of rotatable bonds is 6. The van der Waals surface area contributed by atoms with Gasteiger partial charge in [-0.15, -0.1) is 0 Å². The first-order chi connectivity index (χ1) is 24.3. The third-order valence-electron chi connectivity index (χ3n) is 9.71. The van der Waals surface area contributed by atoms with Crippen molar-refractivity contribution >= 4 is 0 Å². The number of benzene rings is 6. The van der Waals surface area contributed by atoms with Crippen LogP contribution in [0.2, 0.25) is 0 Å². The lowest BCUT2D eigenvalue weighted by Gasteiger charge is -2.34. The molecule has 8 aromatic rings. The molecule has 2 aromatic heterocycles. The highest BCUT2D eigenvalue weighted by molar-refractivity contribution is 5.88. The Balaban J connectivity index is 1.25. The van der Waals surface area contributed by atoms with Crippen molar-refractivity contribution in [2.75, 3.05) is 0 Å². The third kappa shape index (κ3) is 4.87. The molecule has 1 aliphatic carbocycles. The van der Waals surface area contributed by atoms with Crippen LogP contribution in [0.5, 0.6) is 0 Å². The van der Waals surface area contributed by atoms with E-state index in [1.165, 1.54) is 33.4 Å². The zero-order chi connectivity index (χ0) is 32.6. The molecule has 0 atom stereocenters. The summed E-state index contributed by atoms with van der Waals surface area (Å²) in [6, 6.07) is 62.6. The second kappa shape index (κ2) is 12.0. The average molecular weight is 626 g/mol. The van der Waals surface area contributed by atoms with Crippen molar-refractivity contribution in [3.05, 3.63) is 211 Å². The van der Waals surface area contributed by atoms with E-state index in [1.807, 2.05) is 42.7 Å². The number of fused-ring (bicyclic) bond motifs is 3. The van der Waals surface area contributed by atoms with Crippen LogP contribution in [0.25, 0.3) is 56.2 Å². The van der Waals surface area contributed by atoms with Crippen molar-refractivity contribution in [3.8, 4) is 56.2 Å². The van der Waals surface area contributed by atoms with Crippen LogP contribution in [0.3, 0.4) is 0 Å². The van der Waals surface area contributed by atoms with Crippen LogP contribution in [0.4, 0.5) is 0 Å². The molecule has 0 saturated carbocycles. The van der Waals surface area contributed by atoms with Crippen molar-refractivity contribution < 1.29 is 0 Å². The summed E-state index contributed by atoms with van der Waals surface area (Å²) in [5.41, 5.74) is 14.2. The predicted octanol–water partition coefficient (Wildman–Crippen LogP) is 10.9. The molecule has 9 rings (SSSR count). The molecule has 0 fully saturated rings. The van der Waals surface area contributed by atoms with Gasteiger partial charge in [-0.1, -0.05) is 152 Å². The lowest BCUT2D eigenvalue weighted by Crippen LogP contribution is -2.28. The molecule has 6 aromatic carbocycles. The number of nitrogens with zero attached hydrogens (tertiary/aromatic N) is 3. The summed E-state index contributed by atoms with van der Waals surface area (Å²) in [6.07, 6.45) is 3.65. The molecule has 0 radical (unpaired) electrons. The van der Waals surface area contributed by atoms with Gasteiger partial charge in [-0.25, -0.2) is 9.97 Å². The van der Waals surface area contributed by atoms with Gasteiger partial charge >= 0.3 is 0 Å². The number of hydrogen-bond donors (Lipinski definition) is 0. The quantitative estimate of drug-likeness (QED) is 0.185. The Kier molecular flexibility index (Phi) is 7.02. The molecule has 0 bridgehead atoms. The smallest absolute Gasteiger partial charge is 0.160 e. The minimum absolute atomic E-state index is 0.481. The maximum Gasteiger partial charge on any atom is 0.160 e. The molecule has 0 N–H and O–H groups in total. The molecule has 0 aliphatic heterocycles. The second-order valence-corrected chi connectivity index (χ2v) is 12.4. The molecule has 3 nitrogen and oxygen atoms in total. The summed E-state index contributed by atoms with van der Waals surface area (Å²) in [5.74, 6) is 0.701. The fourth-order valence-corrected chi connectivity index (χ4v) is 7.44. The topological polar surface area (TPSA) is 38.7 Å². The number of hydrogen-bond acceptors (Lipinski definition) is 3. The van der Waals surface area contributed by atoms with Crippen LogP contribution in [-0.2, 0) is 5.41 Å². The van der Waals surface area contributed by atoms with Gasteiger partial charge in [0.15, 0.2) is 5.82 Å². The number of aromatic nitrogens is 3. The van der Waals surface area contributed by atoms with Crippen LogP contribution in [0.1, 0.15) is 22.3 Å². The van der Waals surface area contributed by atoms with Crippen LogP contribution in [0.15, 0.2) is 188 Å². The van der Waals surface area contributed by atoms with E-state index in [2.05, 4.69) is 151 Å². The summed E-state index contributed by atoms with van der Waals surface area (Å²) in [5, 5.41) is 0. The molecule has 49 heavy (non-hydrogen) atoms. The fourth-order valence-electron chi connectivity index (χ4n) is 7.44. The van der Waals surface area contributed by atoms with Crippen LogP contribution < -0.4 is 0 Å². The van der Waals surface area contributed by atoms with E-state index >= 15 is 0 Å². The van der Waals surface area contributed by atoms with Gasteiger partial charge < -0.3 is 0 Å². The maximum atomic E-state index is 5.21. The monoisotopic (exact) mass is 625 g/mol. The zero-order valence-electron chi connectivity index (χ0n) is 26.7. The normalized spacial score (nSPS) is 12.7. The molecule has 1 aliphatic rings. The summed E-state index contributed by atoms with van der Waals surface area (Å²) >= 11 is 0. The molecule has 0 unspecified atom stereocenters. The molecule has 0 amide bonds. The molecule has 3 heteroatoms. The summed E-state index contributed by atoms with van der Waals surface area (Å²) in [6.45, 7) is 0. The van der Waals surface area contributed by atoms with Gasteiger partial charge in [-0.3, -0.25) is 4.98 Å². The lowest BCUT2D eigenvalue weighted by atomic mass is 9.67. The second-order valence-electron chi connectivity index (χ2n) is 12.4. The van der Waals surface area contributed by atoms with Crippen molar-refractivity contribution in [2.45, 2.75) is 5.41 Å². The Morgan fingerprint density at radius 1 is 0.347 bits per heavy atom. The molecular weight excluding hydrogens is 595 g/mol. The molecule has 0 saturated heterocycles. The standard InChI is InChI=1S/C46H31N3/c1-4-12-35(13-5-1)45-48-43(34-22-20-32(21-23-34)33-26-28-47-29-27-33)31-44(49-45)36-24-25-40-39-18-10-11-19-41(39)46(42(40)30-36,37-14-6-2-7-15-37)38-16-8-3-9-17-38/h1-31H. The Morgan fingerprint density at radius 3 is 1.53 bits per heavy atom. The van der Waals surface area contributed by atoms with Crippen LogP contribution in [0, 0.1) is 0 Å².